The molecule has 0 spiro atoms. The maximum Gasteiger partial charge on any atom is 0.253 e. The predicted octanol–water partition coefficient (Wildman–Crippen LogP) is 4.51. The molecule has 1 aromatic carbocycles. The minimum Gasteiger partial charge on any atom is -0.495 e. The number of rotatable bonds is 9. The normalized spacial score (nSPS) is 17.8. The van der Waals surface area contributed by atoms with Crippen molar-refractivity contribution in [2.24, 2.45) is 5.41 Å². The van der Waals surface area contributed by atoms with Crippen LogP contribution in [-0.2, 0) is 4.74 Å². The highest BCUT2D eigenvalue weighted by atomic mass is 35.5. The van der Waals surface area contributed by atoms with Gasteiger partial charge in [-0.2, -0.15) is 9.97 Å². The number of halogens is 1. The Hall–Kier alpha value is -3.12. The summed E-state index contributed by atoms with van der Waals surface area (Å²) in [6.07, 6.45) is 4.17. The zero-order chi connectivity index (χ0) is 29.9. The Morgan fingerprint density at radius 3 is 2.62 bits per heavy atom. The van der Waals surface area contributed by atoms with Crippen molar-refractivity contribution in [2.75, 3.05) is 63.7 Å². The molecule has 4 heterocycles. The maximum absolute atomic E-state index is 13.4. The molecule has 42 heavy (non-hydrogen) atoms. The van der Waals surface area contributed by atoms with Crippen molar-refractivity contribution < 1.29 is 19.4 Å². The summed E-state index contributed by atoms with van der Waals surface area (Å²) < 4.78 is 11.2. The van der Waals surface area contributed by atoms with Gasteiger partial charge in [0.25, 0.3) is 5.91 Å². The van der Waals surface area contributed by atoms with E-state index < -0.39 is 0 Å². The van der Waals surface area contributed by atoms with Gasteiger partial charge in [-0.1, -0.05) is 32.4 Å². The Labute approximate surface area is 251 Å². The number of anilines is 3. The van der Waals surface area contributed by atoms with Crippen LogP contribution >= 0.6 is 11.6 Å². The first-order valence-electron chi connectivity index (χ1n) is 14.7. The van der Waals surface area contributed by atoms with Gasteiger partial charge in [0.2, 0.25) is 5.95 Å². The van der Waals surface area contributed by atoms with Crippen molar-refractivity contribution in [3.8, 4) is 5.75 Å². The molecule has 2 saturated heterocycles. The fourth-order valence-corrected chi connectivity index (χ4v) is 6.01. The molecule has 11 nitrogen and oxygen atoms in total. The SMILES string of the molecule is COc1cc(C(=O)N2CCC(N3CCOCC3)CC2)ccc1Nc1nc(N[C@@H](CCO)C(C)(C)C)c2c(Cl)c[nH]c2n1. The number of ether oxygens (including phenoxy) is 2. The highest BCUT2D eigenvalue weighted by molar-refractivity contribution is 6.36. The third kappa shape index (κ3) is 6.75. The van der Waals surface area contributed by atoms with Crippen LogP contribution in [0.4, 0.5) is 17.5 Å². The lowest BCUT2D eigenvalue weighted by atomic mass is 9.85. The van der Waals surface area contributed by atoms with Crippen molar-refractivity contribution >= 4 is 46.0 Å². The molecular weight excluding hydrogens is 558 g/mol. The number of hydrogen-bond donors (Lipinski definition) is 4. The molecule has 0 unspecified atom stereocenters. The van der Waals surface area contributed by atoms with E-state index in [4.69, 9.17) is 26.1 Å². The number of fused-ring (bicyclic) bond motifs is 1. The van der Waals surface area contributed by atoms with E-state index in [2.05, 4.69) is 46.3 Å². The van der Waals surface area contributed by atoms with E-state index in [0.717, 1.165) is 52.2 Å². The van der Waals surface area contributed by atoms with Crippen LogP contribution in [0.5, 0.6) is 5.75 Å². The summed E-state index contributed by atoms with van der Waals surface area (Å²) in [7, 11) is 1.58. The van der Waals surface area contributed by atoms with E-state index >= 15 is 0 Å². The van der Waals surface area contributed by atoms with Crippen molar-refractivity contribution in [3.05, 3.63) is 35.0 Å². The number of nitrogens with one attached hydrogen (secondary N) is 3. The number of morpholine rings is 1. The number of piperidine rings is 1. The second kappa shape index (κ2) is 13.0. The molecule has 2 aromatic heterocycles. The lowest BCUT2D eigenvalue weighted by molar-refractivity contribution is 0.00159. The van der Waals surface area contributed by atoms with Gasteiger partial charge in [0.05, 0.1) is 36.4 Å². The number of H-pyrrole nitrogens is 1. The van der Waals surface area contributed by atoms with Gasteiger partial charge in [0.1, 0.15) is 17.2 Å². The van der Waals surface area contributed by atoms with Gasteiger partial charge >= 0.3 is 0 Å². The molecule has 3 aromatic rings. The van der Waals surface area contributed by atoms with Crippen LogP contribution in [0.1, 0.15) is 50.4 Å². The molecule has 12 heteroatoms. The Kier molecular flexibility index (Phi) is 9.41. The van der Waals surface area contributed by atoms with Crippen LogP contribution < -0.4 is 15.4 Å². The van der Waals surface area contributed by atoms with Gasteiger partial charge in [-0.3, -0.25) is 9.69 Å². The van der Waals surface area contributed by atoms with Gasteiger partial charge in [0.15, 0.2) is 0 Å². The number of nitrogens with zero attached hydrogens (tertiary/aromatic N) is 4. The molecule has 228 valence electrons. The first-order valence-corrected chi connectivity index (χ1v) is 15.0. The van der Waals surface area contributed by atoms with Gasteiger partial charge in [-0.05, 0) is 42.9 Å². The average molecular weight is 600 g/mol. The van der Waals surface area contributed by atoms with E-state index in [1.165, 1.54) is 0 Å². The van der Waals surface area contributed by atoms with Crippen molar-refractivity contribution in [1.29, 1.82) is 0 Å². The molecule has 5 rings (SSSR count). The first-order chi connectivity index (χ1) is 20.2. The van der Waals surface area contributed by atoms with E-state index in [0.29, 0.717) is 57.3 Å². The predicted molar refractivity (Wildman–Crippen MR) is 165 cm³/mol. The molecule has 0 bridgehead atoms. The quantitative estimate of drug-likeness (QED) is 0.281. The molecule has 2 aliphatic heterocycles. The van der Waals surface area contributed by atoms with Gasteiger partial charge < -0.3 is 35.1 Å². The first kappa shape index (κ1) is 30.3. The van der Waals surface area contributed by atoms with E-state index in [1.807, 2.05) is 11.0 Å². The summed E-state index contributed by atoms with van der Waals surface area (Å²) in [6.45, 7) is 11.3. The van der Waals surface area contributed by atoms with E-state index in [9.17, 15) is 9.90 Å². The number of benzene rings is 1. The van der Waals surface area contributed by atoms with Crippen LogP contribution in [0.3, 0.4) is 0 Å². The molecular formula is C30H42ClN7O4. The zero-order valence-corrected chi connectivity index (χ0v) is 25.6. The fourth-order valence-electron chi connectivity index (χ4n) is 5.78. The minimum absolute atomic E-state index is 0.00238. The van der Waals surface area contributed by atoms with Gasteiger partial charge in [-0.25, -0.2) is 0 Å². The summed E-state index contributed by atoms with van der Waals surface area (Å²) >= 11 is 6.49. The number of methoxy groups -OCH3 is 1. The fraction of sp³-hybridized carbons (Fsp3) is 0.567. The maximum atomic E-state index is 13.4. The Bertz CT molecular complexity index is 1380. The lowest BCUT2D eigenvalue weighted by Crippen LogP contribution is -2.50. The summed E-state index contributed by atoms with van der Waals surface area (Å²) in [6, 6.07) is 5.84. The number of aromatic amines is 1. The Morgan fingerprint density at radius 2 is 1.95 bits per heavy atom. The third-order valence-corrected chi connectivity index (χ3v) is 8.56. The van der Waals surface area contributed by atoms with Crippen LogP contribution in [0.2, 0.25) is 5.02 Å². The monoisotopic (exact) mass is 599 g/mol. The number of hydrogen-bond acceptors (Lipinski definition) is 9. The highest BCUT2D eigenvalue weighted by Gasteiger charge is 2.29. The molecule has 2 aliphatic rings. The van der Waals surface area contributed by atoms with Crippen molar-refractivity contribution in [3.63, 3.8) is 0 Å². The van der Waals surface area contributed by atoms with Gasteiger partial charge in [-0.15, -0.1) is 0 Å². The lowest BCUT2D eigenvalue weighted by Gasteiger charge is -2.40. The van der Waals surface area contributed by atoms with Crippen LogP contribution in [0.25, 0.3) is 11.0 Å². The Balaban J connectivity index is 1.32. The van der Waals surface area contributed by atoms with E-state index in [-0.39, 0.29) is 24.0 Å². The van der Waals surface area contributed by atoms with Crippen LogP contribution in [0, 0.1) is 5.41 Å². The second-order valence-electron chi connectivity index (χ2n) is 12.0. The molecule has 4 N–H and O–H groups in total. The van der Waals surface area contributed by atoms with Crippen molar-refractivity contribution in [1.82, 2.24) is 24.8 Å². The van der Waals surface area contributed by atoms with Gasteiger partial charge in [0, 0.05) is 56.6 Å². The zero-order valence-electron chi connectivity index (χ0n) is 24.9. The Morgan fingerprint density at radius 1 is 1.21 bits per heavy atom. The largest absolute Gasteiger partial charge is 0.495 e. The number of aliphatic hydroxyl groups is 1. The van der Waals surface area contributed by atoms with Crippen molar-refractivity contribution in [2.45, 2.75) is 52.1 Å². The summed E-state index contributed by atoms with van der Waals surface area (Å²) in [5.41, 5.74) is 1.64. The minimum atomic E-state index is -0.139. The molecule has 2 fully saturated rings. The molecule has 0 radical (unpaired) electrons. The van der Waals surface area contributed by atoms with Crippen LogP contribution in [-0.4, -0.2) is 101 Å². The summed E-state index contributed by atoms with van der Waals surface area (Å²) in [5.74, 6) is 1.42. The topological polar surface area (TPSA) is 128 Å². The third-order valence-electron chi connectivity index (χ3n) is 8.27. The highest BCUT2D eigenvalue weighted by Crippen LogP contribution is 2.35. The molecule has 1 atom stereocenters. The number of carbonyl (C=O) groups excluding carboxylic acids is 1. The number of amides is 1. The number of carbonyl (C=O) groups is 1. The summed E-state index contributed by atoms with van der Waals surface area (Å²) in [4.78, 5) is 30.3. The summed E-state index contributed by atoms with van der Waals surface area (Å²) in [5, 5.41) is 17.6. The molecule has 1 amide bonds. The average Bonchev–Trinajstić information content (AvgIpc) is 3.37. The standard InChI is InChI=1S/C30H42ClN7O4/c1-30(2,3)24(9-14-39)34-27-25-21(31)18-32-26(25)35-29(36-27)33-22-6-5-19(17-23(22)41-4)28(40)38-10-7-20(8-11-38)37-12-15-42-16-13-37/h5-6,17-18,20,24,39H,7-16H2,1-4H3,(H3,32,33,34,35,36)/t24-/m0/s1. The number of aliphatic hydroxyl groups excluding tert-OH is 1. The van der Waals surface area contributed by atoms with Crippen LogP contribution in [0.15, 0.2) is 24.4 Å². The molecule has 0 aliphatic carbocycles. The van der Waals surface area contributed by atoms with E-state index in [1.54, 1.807) is 25.4 Å². The smallest absolute Gasteiger partial charge is 0.253 e. The number of aromatic nitrogens is 3. The molecule has 0 saturated carbocycles. The number of likely N-dealkylation sites (tertiary alicyclic amines) is 1. The second-order valence-corrected chi connectivity index (χ2v) is 12.5.